The average molecular weight is 371 g/mol. The molecule has 1 aromatic carbocycles. The zero-order valence-electron chi connectivity index (χ0n) is 14.7. The van der Waals surface area contributed by atoms with Gasteiger partial charge in [-0.3, -0.25) is 0 Å². The quantitative estimate of drug-likeness (QED) is 0.585. The normalized spacial score (nSPS) is 18.0. The summed E-state index contributed by atoms with van der Waals surface area (Å²) >= 11 is 0. The van der Waals surface area contributed by atoms with Crippen molar-refractivity contribution in [3.05, 3.63) is 35.6 Å². The molecule has 1 aliphatic heterocycles. The Morgan fingerprint density at radius 3 is 2.56 bits per heavy atom. The third kappa shape index (κ3) is 5.15. The Kier molecular flexibility index (Phi) is 6.78. The zero-order valence-corrected chi connectivity index (χ0v) is 15.5. The molecule has 0 atom stereocenters. The number of hydrogen-bond donors (Lipinski definition) is 2. The fourth-order valence-corrected chi connectivity index (χ4v) is 4.04. The van der Waals surface area contributed by atoms with Gasteiger partial charge in [-0.15, -0.1) is 0 Å². The van der Waals surface area contributed by atoms with E-state index in [0.29, 0.717) is 44.1 Å². The molecular weight excluding hydrogens is 345 g/mol. The molecule has 0 aromatic heterocycles. The van der Waals surface area contributed by atoms with Crippen LogP contribution in [0.15, 0.2) is 29.3 Å². The van der Waals surface area contributed by atoms with Crippen molar-refractivity contribution in [2.75, 3.05) is 32.6 Å². The third-order valence-corrected chi connectivity index (χ3v) is 6.60. The van der Waals surface area contributed by atoms with Gasteiger partial charge >= 0.3 is 0 Å². The Morgan fingerprint density at radius 1 is 1.28 bits per heavy atom. The van der Waals surface area contributed by atoms with Crippen molar-refractivity contribution >= 4 is 15.8 Å². The maximum absolute atomic E-state index is 13.7. The molecule has 6 nitrogen and oxygen atoms in total. The van der Waals surface area contributed by atoms with Crippen molar-refractivity contribution < 1.29 is 17.5 Å². The molecule has 0 amide bonds. The van der Waals surface area contributed by atoms with Gasteiger partial charge in [-0.05, 0) is 25.8 Å². The van der Waals surface area contributed by atoms with Crippen LogP contribution in [0.4, 0.5) is 4.39 Å². The number of halogens is 1. The maximum atomic E-state index is 13.7. The van der Waals surface area contributed by atoms with Crippen molar-refractivity contribution in [3.63, 3.8) is 0 Å². The molecule has 0 unspecified atom stereocenters. The van der Waals surface area contributed by atoms with Gasteiger partial charge in [0.2, 0.25) is 0 Å². The summed E-state index contributed by atoms with van der Waals surface area (Å²) in [5.41, 5.74) is 0.489. The number of rotatable bonds is 6. The van der Waals surface area contributed by atoms with E-state index in [1.807, 2.05) is 6.92 Å². The zero-order chi connectivity index (χ0) is 18.3. The highest BCUT2D eigenvalue weighted by Crippen LogP contribution is 2.28. The van der Waals surface area contributed by atoms with Crippen molar-refractivity contribution in [1.82, 2.24) is 10.6 Å². The summed E-state index contributed by atoms with van der Waals surface area (Å²) in [5, 5.41) is 6.18. The van der Waals surface area contributed by atoms with Crippen LogP contribution in [0.5, 0.6) is 0 Å². The van der Waals surface area contributed by atoms with Gasteiger partial charge in [0, 0.05) is 38.1 Å². The number of ether oxygens (including phenoxy) is 1. The highest BCUT2D eigenvalue weighted by atomic mass is 32.2. The van der Waals surface area contributed by atoms with Crippen molar-refractivity contribution in [2.45, 2.75) is 31.1 Å². The molecule has 8 heteroatoms. The minimum absolute atomic E-state index is 0.178. The van der Waals surface area contributed by atoms with Crippen LogP contribution in [0.3, 0.4) is 0 Å². The van der Waals surface area contributed by atoms with E-state index < -0.39 is 14.6 Å². The predicted octanol–water partition coefficient (Wildman–Crippen LogP) is 1.47. The van der Waals surface area contributed by atoms with E-state index in [1.54, 1.807) is 18.2 Å². The topological polar surface area (TPSA) is 79.8 Å². The lowest BCUT2D eigenvalue weighted by Gasteiger charge is -2.35. The average Bonchev–Trinajstić information content (AvgIpc) is 2.58. The van der Waals surface area contributed by atoms with Gasteiger partial charge in [-0.25, -0.2) is 17.8 Å². The maximum Gasteiger partial charge on any atom is 0.191 e. The van der Waals surface area contributed by atoms with Gasteiger partial charge in [0.25, 0.3) is 0 Å². The Bertz CT molecular complexity index is 701. The molecule has 2 N–H and O–H groups in total. The monoisotopic (exact) mass is 371 g/mol. The van der Waals surface area contributed by atoms with Crippen molar-refractivity contribution in [3.8, 4) is 0 Å². The highest BCUT2D eigenvalue weighted by Gasteiger charge is 2.42. The SMILES string of the molecule is CCNC(=NCc1ccccc1F)NCC1(S(C)(=O)=O)CCOCC1. The van der Waals surface area contributed by atoms with Gasteiger partial charge in [0.1, 0.15) is 5.82 Å². The van der Waals surface area contributed by atoms with Gasteiger partial charge in [0.15, 0.2) is 15.8 Å². The fourth-order valence-electron chi connectivity index (χ4n) is 2.80. The van der Waals surface area contributed by atoms with Crippen LogP contribution in [0, 0.1) is 5.82 Å². The second kappa shape index (κ2) is 8.62. The van der Waals surface area contributed by atoms with E-state index >= 15 is 0 Å². The largest absolute Gasteiger partial charge is 0.381 e. The molecule has 1 heterocycles. The van der Waals surface area contributed by atoms with E-state index in [-0.39, 0.29) is 18.9 Å². The molecule has 2 rings (SSSR count). The molecule has 1 aliphatic rings. The predicted molar refractivity (Wildman–Crippen MR) is 96.8 cm³/mol. The van der Waals surface area contributed by atoms with Gasteiger partial charge in [-0.2, -0.15) is 0 Å². The molecule has 0 spiro atoms. The molecule has 140 valence electrons. The van der Waals surface area contributed by atoms with Crippen LogP contribution in [0.2, 0.25) is 0 Å². The van der Waals surface area contributed by atoms with Crippen LogP contribution in [0.1, 0.15) is 25.3 Å². The molecule has 1 saturated heterocycles. The second-order valence-electron chi connectivity index (χ2n) is 6.21. The molecular formula is C17H26FN3O3S. The Labute approximate surface area is 148 Å². The van der Waals surface area contributed by atoms with Gasteiger partial charge < -0.3 is 15.4 Å². The lowest BCUT2D eigenvalue weighted by atomic mass is 9.99. The molecule has 1 aromatic rings. The lowest BCUT2D eigenvalue weighted by molar-refractivity contribution is 0.0756. The first-order valence-electron chi connectivity index (χ1n) is 8.41. The van der Waals surface area contributed by atoms with Gasteiger partial charge in [-0.1, -0.05) is 18.2 Å². The van der Waals surface area contributed by atoms with Crippen LogP contribution < -0.4 is 10.6 Å². The standard InChI is InChI=1S/C17H26FN3O3S/c1-3-19-16(20-12-14-6-4-5-7-15(14)18)21-13-17(25(2,22)23)8-10-24-11-9-17/h4-7H,3,8-13H2,1-2H3,(H2,19,20,21). The van der Waals surface area contributed by atoms with Gasteiger partial charge in [0.05, 0.1) is 11.3 Å². The van der Waals surface area contributed by atoms with E-state index in [1.165, 1.54) is 12.3 Å². The van der Waals surface area contributed by atoms with Crippen molar-refractivity contribution in [1.29, 1.82) is 0 Å². The van der Waals surface area contributed by atoms with E-state index in [0.717, 1.165) is 0 Å². The Balaban J connectivity index is 2.10. The molecule has 0 bridgehead atoms. The minimum Gasteiger partial charge on any atom is -0.381 e. The number of nitrogens with zero attached hydrogens (tertiary/aromatic N) is 1. The highest BCUT2D eigenvalue weighted by molar-refractivity contribution is 7.92. The summed E-state index contributed by atoms with van der Waals surface area (Å²) in [4.78, 5) is 4.37. The first kappa shape index (κ1) is 19.7. The van der Waals surface area contributed by atoms with Crippen LogP contribution >= 0.6 is 0 Å². The molecule has 25 heavy (non-hydrogen) atoms. The number of nitrogens with one attached hydrogen (secondary N) is 2. The Morgan fingerprint density at radius 2 is 1.96 bits per heavy atom. The summed E-state index contributed by atoms with van der Waals surface area (Å²) in [6, 6.07) is 6.47. The summed E-state index contributed by atoms with van der Waals surface area (Å²) in [7, 11) is -3.26. The number of benzene rings is 1. The molecule has 0 aliphatic carbocycles. The lowest BCUT2D eigenvalue weighted by Crippen LogP contribution is -2.53. The summed E-state index contributed by atoms with van der Waals surface area (Å²) < 4.78 is 42.8. The first-order valence-corrected chi connectivity index (χ1v) is 10.3. The van der Waals surface area contributed by atoms with Crippen LogP contribution in [-0.2, 0) is 21.1 Å². The van der Waals surface area contributed by atoms with Crippen LogP contribution in [0.25, 0.3) is 0 Å². The van der Waals surface area contributed by atoms with Crippen molar-refractivity contribution in [2.24, 2.45) is 4.99 Å². The molecule has 1 fully saturated rings. The number of hydrogen-bond acceptors (Lipinski definition) is 4. The number of guanidine groups is 1. The first-order chi connectivity index (χ1) is 11.9. The third-order valence-electron chi connectivity index (χ3n) is 4.48. The van der Waals surface area contributed by atoms with E-state index in [4.69, 9.17) is 4.74 Å². The summed E-state index contributed by atoms with van der Waals surface area (Å²) in [6.07, 6.45) is 2.17. The second-order valence-corrected chi connectivity index (χ2v) is 8.62. The minimum atomic E-state index is -3.26. The fraction of sp³-hybridized carbons (Fsp3) is 0.588. The van der Waals surface area contributed by atoms with E-state index in [2.05, 4.69) is 15.6 Å². The smallest absolute Gasteiger partial charge is 0.191 e. The number of sulfone groups is 1. The van der Waals surface area contributed by atoms with Crippen LogP contribution in [-0.4, -0.2) is 51.7 Å². The van der Waals surface area contributed by atoms with E-state index in [9.17, 15) is 12.8 Å². The summed E-state index contributed by atoms with van der Waals surface area (Å²) in [5.74, 6) is 0.166. The Hall–Kier alpha value is -1.67. The number of aliphatic imine (C=N–C) groups is 1. The molecule has 0 saturated carbocycles. The summed E-state index contributed by atoms with van der Waals surface area (Å²) in [6.45, 7) is 3.82. The molecule has 0 radical (unpaired) electrons.